The molecular formula is C31H39NO4. The summed E-state index contributed by atoms with van der Waals surface area (Å²) < 4.78 is 5.87. The summed E-state index contributed by atoms with van der Waals surface area (Å²) in [5.74, 6) is 7.57. The van der Waals surface area contributed by atoms with Crippen LogP contribution in [0.3, 0.4) is 0 Å². The number of hydrogen-bond donors (Lipinski definition) is 2. The summed E-state index contributed by atoms with van der Waals surface area (Å²) in [4.78, 5) is 14.9. The third-order valence-electron chi connectivity index (χ3n) is 7.74. The summed E-state index contributed by atoms with van der Waals surface area (Å²) in [6, 6.07) is 19.7. The van der Waals surface area contributed by atoms with Crippen LogP contribution in [0.5, 0.6) is 0 Å². The van der Waals surface area contributed by atoms with Crippen molar-refractivity contribution < 1.29 is 19.7 Å². The number of ether oxygens (including phenoxy) is 1. The van der Waals surface area contributed by atoms with E-state index in [2.05, 4.69) is 11.8 Å². The lowest BCUT2D eigenvalue weighted by Crippen LogP contribution is -2.33. The molecule has 192 valence electrons. The van der Waals surface area contributed by atoms with Crippen LogP contribution in [0.1, 0.15) is 45.1 Å². The van der Waals surface area contributed by atoms with Crippen molar-refractivity contribution in [3.8, 4) is 11.8 Å². The fourth-order valence-electron chi connectivity index (χ4n) is 5.70. The number of para-hydroxylation sites is 1. The quantitative estimate of drug-likeness (QED) is 0.397. The van der Waals surface area contributed by atoms with Crippen molar-refractivity contribution in [2.75, 3.05) is 18.1 Å². The third-order valence-corrected chi connectivity index (χ3v) is 7.74. The highest BCUT2D eigenvalue weighted by atomic mass is 16.5. The largest absolute Gasteiger partial charge is 0.392 e. The van der Waals surface area contributed by atoms with Crippen LogP contribution in [0, 0.1) is 41.4 Å². The maximum atomic E-state index is 13.1. The Kier molecular flexibility index (Phi) is 9.20. The zero-order valence-corrected chi connectivity index (χ0v) is 21.4. The Morgan fingerprint density at radius 2 is 1.75 bits per heavy atom. The zero-order chi connectivity index (χ0) is 25.5. The molecule has 0 aromatic heterocycles. The molecule has 2 aliphatic rings. The number of aliphatic hydroxyl groups is 2. The molecule has 0 saturated heterocycles. The molecule has 0 heterocycles. The number of rotatable bonds is 9. The van der Waals surface area contributed by atoms with E-state index in [1.165, 1.54) is 0 Å². The van der Waals surface area contributed by atoms with E-state index in [0.29, 0.717) is 30.9 Å². The lowest BCUT2D eigenvalue weighted by atomic mass is 9.90. The molecule has 0 aliphatic heterocycles. The van der Waals surface area contributed by atoms with E-state index < -0.39 is 12.2 Å². The van der Waals surface area contributed by atoms with Crippen LogP contribution in [0.4, 0.5) is 5.69 Å². The van der Waals surface area contributed by atoms with Gasteiger partial charge in [0.1, 0.15) is 12.7 Å². The van der Waals surface area contributed by atoms with Gasteiger partial charge in [0.2, 0.25) is 0 Å². The molecule has 2 saturated carbocycles. The lowest BCUT2D eigenvalue weighted by Gasteiger charge is -2.23. The zero-order valence-electron chi connectivity index (χ0n) is 21.4. The van der Waals surface area contributed by atoms with Gasteiger partial charge >= 0.3 is 0 Å². The monoisotopic (exact) mass is 489 g/mol. The van der Waals surface area contributed by atoms with Gasteiger partial charge in [-0.15, -0.1) is 0 Å². The minimum absolute atomic E-state index is 0.0458. The number of anilines is 1. The van der Waals surface area contributed by atoms with E-state index in [0.717, 1.165) is 36.9 Å². The Morgan fingerprint density at radius 1 is 1.06 bits per heavy atom. The summed E-state index contributed by atoms with van der Waals surface area (Å²) in [6.07, 6.45) is 2.78. The number of amides is 1. The van der Waals surface area contributed by atoms with Crippen molar-refractivity contribution >= 4 is 11.6 Å². The smallest absolute Gasteiger partial charge is 0.253 e. The average Bonchev–Trinajstić information content (AvgIpc) is 3.40. The Balaban J connectivity index is 1.26. The first-order valence-electron chi connectivity index (χ1n) is 13.3. The van der Waals surface area contributed by atoms with Crippen LogP contribution in [0.15, 0.2) is 60.7 Å². The molecule has 2 fully saturated rings. The first-order valence-corrected chi connectivity index (χ1v) is 13.3. The van der Waals surface area contributed by atoms with Gasteiger partial charge in [0.05, 0.1) is 12.6 Å². The molecule has 6 atom stereocenters. The topological polar surface area (TPSA) is 70.0 Å². The van der Waals surface area contributed by atoms with E-state index in [1.807, 2.05) is 74.5 Å². The Morgan fingerprint density at radius 3 is 2.44 bits per heavy atom. The highest BCUT2D eigenvalue weighted by Gasteiger charge is 2.47. The fourth-order valence-corrected chi connectivity index (χ4v) is 5.70. The highest BCUT2D eigenvalue weighted by molar-refractivity contribution is 5.94. The van der Waals surface area contributed by atoms with Gasteiger partial charge in [-0.25, -0.2) is 0 Å². The van der Waals surface area contributed by atoms with Gasteiger partial charge in [0, 0.05) is 18.2 Å². The molecule has 36 heavy (non-hydrogen) atoms. The second-order valence-electron chi connectivity index (χ2n) is 10.7. The molecule has 2 aromatic carbocycles. The number of carbonyl (C=O) groups is 1. The Labute approximate surface area is 215 Å². The van der Waals surface area contributed by atoms with E-state index in [-0.39, 0.29) is 24.3 Å². The minimum Gasteiger partial charge on any atom is -0.392 e. The molecule has 5 heteroatoms. The number of aliphatic hydroxyl groups excluding tert-OH is 2. The lowest BCUT2D eigenvalue weighted by molar-refractivity contribution is -0.123. The van der Waals surface area contributed by atoms with Crippen molar-refractivity contribution in [3.05, 3.63) is 66.2 Å². The second kappa shape index (κ2) is 12.5. The van der Waals surface area contributed by atoms with Gasteiger partial charge < -0.3 is 19.8 Å². The number of nitrogens with zero attached hydrogens (tertiary/aromatic N) is 1. The first kappa shape index (κ1) is 26.4. The number of fused-ring (bicyclic) bond motifs is 1. The summed E-state index contributed by atoms with van der Waals surface area (Å²) in [6.45, 7) is 5.01. The van der Waals surface area contributed by atoms with Gasteiger partial charge in [0.25, 0.3) is 5.91 Å². The number of carbonyl (C=O) groups excluding carboxylic acids is 1. The molecule has 1 unspecified atom stereocenters. The molecule has 5 nitrogen and oxygen atoms in total. The van der Waals surface area contributed by atoms with Crippen LogP contribution >= 0.6 is 0 Å². The molecule has 1 amide bonds. The molecule has 0 bridgehead atoms. The Bertz CT molecular complexity index is 1030. The highest BCUT2D eigenvalue weighted by Crippen LogP contribution is 2.50. The van der Waals surface area contributed by atoms with Crippen LogP contribution in [0.2, 0.25) is 0 Å². The molecule has 2 aliphatic carbocycles. The van der Waals surface area contributed by atoms with Crippen molar-refractivity contribution in [1.82, 2.24) is 0 Å². The predicted molar refractivity (Wildman–Crippen MR) is 142 cm³/mol. The standard InChI is InChI=1S/C31H39NO4/c1-22(2)29(33)14-13-27-28-18-24(17-25(28)19-30(27)34)15-16-36-21-31(35)32(26-11-7-4-8-12-26)20-23-9-5-3-6-10-23/h3-12,22,24-25,27-30,33-34H,15-21H2,1-2H3/t24?,25-,27+,28-,29+,30+/m1/s1. The molecule has 4 rings (SSSR count). The van der Waals surface area contributed by atoms with Crippen LogP contribution in [-0.4, -0.2) is 41.5 Å². The summed E-state index contributed by atoms with van der Waals surface area (Å²) in [7, 11) is 0. The van der Waals surface area contributed by atoms with Crippen molar-refractivity contribution in [3.63, 3.8) is 0 Å². The van der Waals surface area contributed by atoms with Gasteiger partial charge in [-0.1, -0.05) is 74.2 Å². The van der Waals surface area contributed by atoms with E-state index >= 15 is 0 Å². The maximum absolute atomic E-state index is 13.1. The van der Waals surface area contributed by atoms with Gasteiger partial charge in [-0.3, -0.25) is 4.79 Å². The number of benzene rings is 2. The molecule has 0 spiro atoms. The first-order chi connectivity index (χ1) is 17.4. The van der Waals surface area contributed by atoms with Gasteiger partial charge in [-0.05, 0) is 67.1 Å². The summed E-state index contributed by atoms with van der Waals surface area (Å²) in [5.41, 5.74) is 1.94. The molecule has 2 aromatic rings. The summed E-state index contributed by atoms with van der Waals surface area (Å²) in [5, 5.41) is 20.6. The Hall–Kier alpha value is -2.65. The maximum Gasteiger partial charge on any atom is 0.253 e. The molecular weight excluding hydrogens is 450 g/mol. The van der Waals surface area contributed by atoms with Crippen LogP contribution < -0.4 is 4.90 Å². The van der Waals surface area contributed by atoms with E-state index in [9.17, 15) is 15.0 Å². The summed E-state index contributed by atoms with van der Waals surface area (Å²) >= 11 is 0. The van der Waals surface area contributed by atoms with Gasteiger partial charge in [-0.2, -0.15) is 0 Å². The van der Waals surface area contributed by atoms with Crippen LogP contribution in [-0.2, 0) is 16.1 Å². The minimum atomic E-state index is -0.642. The van der Waals surface area contributed by atoms with Crippen LogP contribution in [0.25, 0.3) is 0 Å². The second-order valence-corrected chi connectivity index (χ2v) is 10.7. The number of hydrogen-bond acceptors (Lipinski definition) is 4. The van der Waals surface area contributed by atoms with Crippen molar-refractivity contribution in [2.45, 2.75) is 58.3 Å². The SMILES string of the molecule is CC(C)[C@@H](O)C#C[C@H]1[C@@H]2CC(CCOCC(=O)N(Cc3ccccc3)c3ccccc3)C[C@@H]2C[C@@H]1O. The predicted octanol–water partition coefficient (Wildman–Crippen LogP) is 4.67. The van der Waals surface area contributed by atoms with Crippen molar-refractivity contribution in [2.24, 2.45) is 29.6 Å². The molecule has 2 N–H and O–H groups in total. The normalized spacial score (nSPS) is 25.8. The van der Waals surface area contributed by atoms with E-state index in [1.54, 1.807) is 4.90 Å². The van der Waals surface area contributed by atoms with E-state index in [4.69, 9.17) is 4.74 Å². The van der Waals surface area contributed by atoms with Crippen molar-refractivity contribution in [1.29, 1.82) is 0 Å². The van der Waals surface area contributed by atoms with Gasteiger partial charge in [0.15, 0.2) is 0 Å². The molecule has 0 radical (unpaired) electrons. The average molecular weight is 490 g/mol. The fraction of sp³-hybridized carbons (Fsp3) is 0.516. The third kappa shape index (κ3) is 6.76.